The molecule has 0 radical (unpaired) electrons. The van der Waals surface area contributed by atoms with Gasteiger partial charge in [0, 0.05) is 37.2 Å². The lowest BCUT2D eigenvalue weighted by Gasteiger charge is -2.41. The van der Waals surface area contributed by atoms with Gasteiger partial charge in [0.2, 0.25) is 0 Å². The highest BCUT2D eigenvalue weighted by molar-refractivity contribution is 6.01. The van der Waals surface area contributed by atoms with Gasteiger partial charge >= 0.3 is 6.03 Å². The number of nitrogens with two attached hydrogens (primary N) is 1. The minimum Gasteiger partial charge on any atom is -0.497 e. The smallest absolute Gasteiger partial charge is 0.314 e. The van der Waals surface area contributed by atoms with E-state index in [1.165, 1.54) is 0 Å². The van der Waals surface area contributed by atoms with Crippen LogP contribution in [0.1, 0.15) is 36.0 Å². The lowest BCUT2D eigenvalue weighted by atomic mass is 9.87. The second kappa shape index (κ2) is 8.41. The van der Waals surface area contributed by atoms with E-state index in [1.807, 2.05) is 36.4 Å². The molecule has 154 valence electrons. The summed E-state index contributed by atoms with van der Waals surface area (Å²) in [6.07, 6.45) is 3.84. The third-order valence-corrected chi connectivity index (χ3v) is 6.45. The Balaban J connectivity index is 1.43. The van der Waals surface area contributed by atoms with Crippen LogP contribution in [0, 0.1) is 5.92 Å². The van der Waals surface area contributed by atoms with Crippen LogP contribution in [-0.2, 0) is 0 Å². The van der Waals surface area contributed by atoms with E-state index in [2.05, 4.69) is 4.90 Å². The number of urea groups is 1. The summed E-state index contributed by atoms with van der Waals surface area (Å²) in [5.41, 5.74) is 6.18. The standard InChI is InChI=1S/C23H29N3O3/c1-29-21-7-6-16-13-18(5-4-17(16)14-21)22(27)19-3-2-10-26(15-19)20-8-11-25(12-9-20)23(24)28/h4-7,13-14,19-20H,2-3,8-12,15H2,1H3,(H2,24,28). The van der Waals surface area contributed by atoms with Crippen molar-refractivity contribution in [3.05, 3.63) is 42.0 Å². The first-order valence-electron chi connectivity index (χ1n) is 10.5. The van der Waals surface area contributed by atoms with E-state index < -0.39 is 0 Å². The van der Waals surface area contributed by atoms with Gasteiger partial charge < -0.3 is 15.4 Å². The van der Waals surface area contributed by atoms with Crippen LogP contribution in [-0.4, -0.2) is 60.9 Å². The van der Waals surface area contributed by atoms with E-state index in [4.69, 9.17) is 10.5 Å². The number of ketones is 1. The molecule has 1 unspecified atom stereocenters. The molecule has 2 fully saturated rings. The number of fused-ring (bicyclic) bond motifs is 1. The average Bonchev–Trinajstić information content (AvgIpc) is 2.78. The molecule has 6 nitrogen and oxygen atoms in total. The van der Waals surface area contributed by atoms with Gasteiger partial charge in [-0.2, -0.15) is 0 Å². The van der Waals surface area contributed by atoms with Crippen molar-refractivity contribution < 1.29 is 14.3 Å². The highest BCUT2D eigenvalue weighted by Crippen LogP contribution is 2.28. The number of hydrogen-bond acceptors (Lipinski definition) is 4. The zero-order chi connectivity index (χ0) is 20.4. The van der Waals surface area contributed by atoms with E-state index in [0.29, 0.717) is 19.1 Å². The fourth-order valence-corrected chi connectivity index (χ4v) is 4.74. The molecule has 1 atom stereocenters. The van der Waals surface area contributed by atoms with Crippen molar-refractivity contribution in [2.24, 2.45) is 11.7 Å². The minimum absolute atomic E-state index is 0.0358. The van der Waals surface area contributed by atoms with Crippen LogP contribution in [0.4, 0.5) is 4.79 Å². The highest BCUT2D eigenvalue weighted by Gasteiger charge is 2.32. The zero-order valence-corrected chi connectivity index (χ0v) is 17.0. The van der Waals surface area contributed by atoms with Crippen molar-refractivity contribution in [1.29, 1.82) is 0 Å². The van der Waals surface area contributed by atoms with Crippen molar-refractivity contribution in [1.82, 2.24) is 9.80 Å². The van der Waals surface area contributed by atoms with Gasteiger partial charge in [0.15, 0.2) is 5.78 Å². The molecule has 0 aliphatic carbocycles. The molecule has 0 aromatic heterocycles. The Labute approximate surface area is 171 Å². The molecule has 2 aliphatic rings. The number of ether oxygens (including phenoxy) is 1. The lowest BCUT2D eigenvalue weighted by Crippen LogP contribution is -2.51. The van der Waals surface area contributed by atoms with Crippen LogP contribution in [0.3, 0.4) is 0 Å². The number of Topliss-reactive ketones (excluding diaryl/α,β-unsaturated/α-hetero) is 1. The van der Waals surface area contributed by atoms with Gasteiger partial charge in [-0.05, 0) is 61.2 Å². The van der Waals surface area contributed by atoms with E-state index >= 15 is 0 Å². The van der Waals surface area contributed by atoms with Gasteiger partial charge in [0.1, 0.15) is 5.75 Å². The first-order chi connectivity index (χ1) is 14.0. The van der Waals surface area contributed by atoms with Crippen LogP contribution < -0.4 is 10.5 Å². The summed E-state index contributed by atoms with van der Waals surface area (Å²) in [4.78, 5) is 28.7. The number of carbonyl (C=O) groups excluding carboxylic acids is 2. The molecule has 2 heterocycles. The van der Waals surface area contributed by atoms with Crippen molar-refractivity contribution in [2.45, 2.75) is 31.7 Å². The zero-order valence-electron chi connectivity index (χ0n) is 17.0. The van der Waals surface area contributed by atoms with E-state index in [0.717, 1.165) is 60.9 Å². The summed E-state index contributed by atoms with van der Waals surface area (Å²) < 4.78 is 5.28. The van der Waals surface area contributed by atoms with Crippen LogP contribution in [0.25, 0.3) is 10.8 Å². The highest BCUT2D eigenvalue weighted by atomic mass is 16.5. The molecule has 2 N–H and O–H groups in total. The second-order valence-corrected chi connectivity index (χ2v) is 8.18. The molecule has 0 saturated carbocycles. The Bertz CT molecular complexity index is 905. The first-order valence-corrected chi connectivity index (χ1v) is 10.5. The molecule has 0 bridgehead atoms. The summed E-state index contributed by atoms with van der Waals surface area (Å²) in [5, 5.41) is 2.13. The number of hydrogen-bond donors (Lipinski definition) is 1. The quantitative estimate of drug-likeness (QED) is 0.806. The number of methoxy groups -OCH3 is 1. The Hall–Kier alpha value is -2.60. The fraction of sp³-hybridized carbons (Fsp3) is 0.478. The third kappa shape index (κ3) is 4.22. The maximum atomic E-state index is 13.2. The number of amides is 2. The Morgan fingerprint density at radius 3 is 2.45 bits per heavy atom. The van der Waals surface area contributed by atoms with Crippen LogP contribution >= 0.6 is 0 Å². The molecule has 0 spiro atoms. The van der Waals surface area contributed by atoms with E-state index in [9.17, 15) is 9.59 Å². The van der Waals surface area contributed by atoms with Gasteiger partial charge in [-0.1, -0.05) is 18.2 Å². The number of likely N-dealkylation sites (tertiary alicyclic amines) is 2. The lowest BCUT2D eigenvalue weighted by molar-refractivity contribution is 0.0642. The summed E-state index contributed by atoms with van der Waals surface area (Å²) in [6.45, 7) is 3.26. The molecule has 2 aliphatic heterocycles. The van der Waals surface area contributed by atoms with Gasteiger partial charge in [0.25, 0.3) is 0 Å². The summed E-state index contributed by atoms with van der Waals surface area (Å²) >= 11 is 0. The number of primary amides is 1. The largest absolute Gasteiger partial charge is 0.497 e. The molecule has 2 saturated heterocycles. The van der Waals surface area contributed by atoms with Crippen molar-refractivity contribution in [3.8, 4) is 5.75 Å². The maximum absolute atomic E-state index is 13.2. The topological polar surface area (TPSA) is 75.9 Å². The summed E-state index contributed by atoms with van der Waals surface area (Å²) in [6, 6.07) is 12.0. The number of rotatable bonds is 4. The molecule has 2 aromatic rings. The third-order valence-electron chi connectivity index (χ3n) is 6.45. The Morgan fingerprint density at radius 2 is 1.72 bits per heavy atom. The van der Waals surface area contributed by atoms with Gasteiger partial charge in [-0.15, -0.1) is 0 Å². The van der Waals surface area contributed by atoms with E-state index in [-0.39, 0.29) is 17.7 Å². The molecular formula is C23H29N3O3. The molecule has 4 rings (SSSR count). The molecular weight excluding hydrogens is 366 g/mol. The predicted molar refractivity (Wildman–Crippen MR) is 113 cm³/mol. The van der Waals surface area contributed by atoms with Crippen LogP contribution in [0.15, 0.2) is 36.4 Å². The Morgan fingerprint density at radius 1 is 1.00 bits per heavy atom. The molecule has 29 heavy (non-hydrogen) atoms. The average molecular weight is 396 g/mol. The Kier molecular flexibility index (Phi) is 5.72. The van der Waals surface area contributed by atoms with Gasteiger partial charge in [-0.25, -0.2) is 4.79 Å². The summed E-state index contributed by atoms with van der Waals surface area (Å²) in [5.74, 6) is 1.09. The first kappa shape index (κ1) is 19.7. The normalized spacial score (nSPS) is 21.3. The van der Waals surface area contributed by atoms with Gasteiger partial charge in [0.05, 0.1) is 7.11 Å². The van der Waals surface area contributed by atoms with Crippen molar-refractivity contribution >= 4 is 22.6 Å². The molecule has 2 aromatic carbocycles. The number of piperidine rings is 2. The molecule has 6 heteroatoms. The minimum atomic E-state index is -0.330. The van der Waals surface area contributed by atoms with Gasteiger partial charge in [-0.3, -0.25) is 9.69 Å². The van der Waals surface area contributed by atoms with Crippen LogP contribution in [0.5, 0.6) is 5.75 Å². The number of nitrogens with zero attached hydrogens (tertiary/aromatic N) is 2. The predicted octanol–water partition coefficient (Wildman–Crippen LogP) is 3.29. The molecule has 2 amide bonds. The monoisotopic (exact) mass is 395 g/mol. The maximum Gasteiger partial charge on any atom is 0.314 e. The number of carbonyl (C=O) groups is 2. The summed E-state index contributed by atoms with van der Waals surface area (Å²) in [7, 11) is 1.66. The van der Waals surface area contributed by atoms with Crippen molar-refractivity contribution in [2.75, 3.05) is 33.3 Å². The van der Waals surface area contributed by atoms with Crippen LogP contribution in [0.2, 0.25) is 0 Å². The SMILES string of the molecule is COc1ccc2cc(C(=O)C3CCCN(C4CCN(C(N)=O)CC4)C3)ccc2c1. The van der Waals surface area contributed by atoms with E-state index in [1.54, 1.807) is 12.0 Å². The van der Waals surface area contributed by atoms with Crippen molar-refractivity contribution in [3.63, 3.8) is 0 Å². The second-order valence-electron chi connectivity index (χ2n) is 8.18. The fourth-order valence-electron chi connectivity index (χ4n) is 4.74. The number of benzene rings is 2.